The van der Waals surface area contributed by atoms with E-state index in [-0.39, 0.29) is 5.75 Å². The number of primary amides is 1. The van der Waals surface area contributed by atoms with Crippen LogP contribution in [0.4, 0.5) is 8.78 Å². The van der Waals surface area contributed by atoms with Crippen LogP contribution in [0.5, 0.6) is 5.75 Å². The maximum Gasteiger partial charge on any atom is 0.387 e. The largest absolute Gasteiger partial charge is 0.435 e. The normalized spacial score (nSPS) is 11.5. The monoisotopic (exact) mass is 407 g/mol. The van der Waals surface area contributed by atoms with Gasteiger partial charge in [0.15, 0.2) is 0 Å². The highest BCUT2D eigenvalue weighted by Crippen LogP contribution is 2.33. The summed E-state index contributed by atoms with van der Waals surface area (Å²) in [5.41, 5.74) is 9.99. The summed E-state index contributed by atoms with van der Waals surface area (Å²) in [4.78, 5) is 12.0. The van der Waals surface area contributed by atoms with Crippen molar-refractivity contribution in [3.63, 3.8) is 0 Å². The summed E-state index contributed by atoms with van der Waals surface area (Å²) >= 11 is 0. The number of carbonyl (C=O) groups excluding carboxylic acids is 1. The Bertz CT molecular complexity index is 1210. The first-order valence-electron chi connectivity index (χ1n) is 9.77. The molecule has 0 saturated carbocycles. The van der Waals surface area contributed by atoms with E-state index in [1.165, 1.54) is 12.1 Å². The number of nitrogens with two attached hydrogens (primary N) is 1. The molecule has 30 heavy (non-hydrogen) atoms. The molecule has 1 heterocycles. The van der Waals surface area contributed by atoms with E-state index in [9.17, 15) is 13.6 Å². The van der Waals surface area contributed by atoms with Crippen molar-refractivity contribution in [2.24, 2.45) is 5.73 Å². The molecular weight excluding hydrogens is 386 g/mol. The van der Waals surface area contributed by atoms with Crippen LogP contribution in [0.2, 0.25) is 0 Å². The Morgan fingerprint density at radius 1 is 1.13 bits per heavy atom. The van der Waals surface area contributed by atoms with Gasteiger partial charge in [0.1, 0.15) is 5.75 Å². The van der Waals surface area contributed by atoms with Crippen LogP contribution in [0.3, 0.4) is 0 Å². The van der Waals surface area contributed by atoms with Gasteiger partial charge in [-0.25, -0.2) is 0 Å². The van der Waals surface area contributed by atoms with Gasteiger partial charge in [0, 0.05) is 22.9 Å². The molecule has 4 rings (SSSR count). The molecule has 153 valence electrons. The Morgan fingerprint density at radius 3 is 2.57 bits per heavy atom. The maximum absolute atomic E-state index is 12.4. The van der Waals surface area contributed by atoms with Crippen LogP contribution in [-0.4, -0.2) is 17.1 Å². The van der Waals surface area contributed by atoms with Crippen molar-refractivity contribution in [2.75, 3.05) is 0 Å². The fourth-order valence-corrected chi connectivity index (χ4v) is 3.87. The van der Waals surface area contributed by atoms with Crippen LogP contribution in [0.15, 0.2) is 54.6 Å². The average molecular weight is 407 g/mol. The molecule has 0 aliphatic carbocycles. The molecule has 0 unspecified atom stereocenters. The zero-order valence-corrected chi connectivity index (χ0v) is 16.5. The molecule has 0 spiro atoms. The molecule has 0 aliphatic rings. The van der Waals surface area contributed by atoms with Gasteiger partial charge in [0.2, 0.25) is 5.91 Å². The van der Waals surface area contributed by atoms with Crippen molar-refractivity contribution < 1.29 is 18.3 Å². The molecule has 1 amide bonds. The molecule has 1 aromatic heterocycles. The smallest absolute Gasteiger partial charge is 0.387 e. The van der Waals surface area contributed by atoms with Crippen LogP contribution < -0.4 is 10.5 Å². The number of ether oxygens (including phenoxy) is 1. The number of benzene rings is 3. The average Bonchev–Trinajstić information content (AvgIpc) is 3.02. The number of hydrogen-bond acceptors (Lipinski definition) is 2. The maximum atomic E-state index is 12.4. The molecule has 0 saturated heterocycles. The van der Waals surface area contributed by atoms with Crippen molar-refractivity contribution in [3.05, 3.63) is 77.4 Å². The highest BCUT2D eigenvalue weighted by molar-refractivity contribution is 6.17. The van der Waals surface area contributed by atoms with Crippen molar-refractivity contribution in [2.45, 2.75) is 32.9 Å². The predicted molar refractivity (Wildman–Crippen MR) is 113 cm³/mol. The number of alkyl halides is 2. The third-order valence-corrected chi connectivity index (χ3v) is 5.15. The summed E-state index contributed by atoms with van der Waals surface area (Å²) in [6.45, 7) is -0.234. The highest BCUT2D eigenvalue weighted by atomic mass is 19.3. The number of rotatable bonds is 7. The molecule has 6 heteroatoms. The van der Waals surface area contributed by atoms with Gasteiger partial charge >= 0.3 is 6.61 Å². The lowest BCUT2D eigenvalue weighted by Crippen LogP contribution is -2.11. The fourth-order valence-electron chi connectivity index (χ4n) is 3.87. The molecule has 0 fully saturated rings. The van der Waals surface area contributed by atoms with Gasteiger partial charge in [0.05, 0.1) is 11.0 Å². The van der Waals surface area contributed by atoms with E-state index in [4.69, 9.17) is 5.73 Å². The molecule has 0 aliphatic heterocycles. The van der Waals surface area contributed by atoms with E-state index >= 15 is 0 Å². The number of hydrogen-bond donors (Lipinski definition) is 1. The van der Waals surface area contributed by atoms with Crippen molar-refractivity contribution in [1.29, 1.82) is 0 Å². The number of aryl methyl sites for hydroxylation is 1. The first-order chi connectivity index (χ1) is 14.5. The van der Waals surface area contributed by atoms with Gasteiger partial charge in [0.25, 0.3) is 0 Å². The number of carbonyl (C=O) groups is 1. The topological polar surface area (TPSA) is 57.2 Å². The minimum atomic E-state index is -2.85. The summed E-state index contributed by atoms with van der Waals surface area (Å²) in [5.74, 6) is -0.371. The second kappa shape index (κ2) is 8.14. The van der Waals surface area contributed by atoms with E-state index in [1.807, 2.05) is 18.2 Å². The van der Waals surface area contributed by atoms with Gasteiger partial charge < -0.3 is 15.0 Å². The van der Waals surface area contributed by atoms with Crippen molar-refractivity contribution in [1.82, 2.24) is 4.57 Å². The van der Waals surface area contributed by atoms with Gasteiger partial charge in [-0.05, 0) is 53.9 Å². The molecule has 4 aromatic rings. The SMILES string of the molecule is CCCc1c[c]c2c3c(C(N)=O)cccc3n(Cc3ccc(OC(F)F)cc3)c2c1. The summed E-state index contributed by atoms with van der Waals surface area (Å²) in [6.07, 6.45) is 1.94. The number of aromatic nitrogens is 1. The first-order valence-corrected chi connectivity index (χ1v) is 9.77. The Hall–Kier alpha value is -3.41. The zero-order chi connectivity index (χ0) is 21.3. The molecule has 3 aromatic carbocycles. The van der Waals surface area contributed by atoms with Gasteiger partial charge in [-0.2, -0.15) is 8.78 Å². The van der Waals surface area contributed by atoms with Gasteiger partial charge in [-0.15, -0.1) is 0 Å². The Labute approximate surface area is 172 Å². The lowest BCUT2D eigenvalue weighted by Gasteiger charge is -2.10. The summed E-state index contributed by atoms with van der Waals surface area (Å²) < 4.78 is 31.4. The Morgan fingerprint density at radius 2 is 1.90 bits per heavy atom. The van der Waals surface area contributed by atoms with Crippen molar-refractivity contribution in [3.8, 4) is 5.75 Å². The fraction of sp³-hybridized carbons (Fsp3) is 0.208. The Kier molecular flexibility index (Phi) is 5.40. The number of nitrogens with zero attached hydrogens (tertiary/aromatic N) is 1. The minimum absolute atomic E-state index is 0.116. The van der Waals surface area contributed by atoms with Crippen LogP contribution in [-0.2, 0) is 13.0 Å². The summed E-state index contributed by atoms with van der Waals surface area (Å²) in [6, 6.07) is 19.5. The molecule has 4 nitrogen and oxygen atoms in total. The second-order valence-corrected chi connectivity index (χ2v) is 7.19. The molecule has 2 N–H and O–H groups in total. The van der Waals surface area contributed by atoms with Crippen LogP contribution in [0.25, 0.3) is 21.8 Å². The number of fused-ring (bicyclic) bond motifs is 3. The second-order valence-electron chi connectivity index (χ2n) is 7.19. The molecule has 0 bridgehead atoms. The number of amides is 1. The lowest BCUT2D eigenvalue weighted by molar-refractivity contribution is -0.0498. The molecular formula is C24H21F2N2O2. The standard InChI is InChI=1S/C24H21F2N2O2/c1-2-4-15-9-12-18-21(13-15)28(20-6-3-5-19(22(18)20)23(27)29)14-16-7-10-17(11-8-16)30-24(25)26/h3,5-11,13,24H,2,4,14H2,1H3,(H2,27,29). The van der Waals surface area contributed by atoms with Crippen LogP contribution >= 0.6 is 0 Å². The van der Waals surface area contributed by atoms with E-state index in [0.717, 1.165) is 45.8 Å². The summed E-state index contributed by atoms with van der Waals surface area (Å²) in [5, 5.41) is 1.62. The third kappa shape index (κ3) is 3.73. The zero-order valence-electron chi connectivity index (χ0n) is 16.5. The van der Waals surface area contributed by atoms with E-state index in [2.05, 4.69) is 28.4 Å². The van der Waals surface area contributed by atoms with Gasteiger partial charge in [-0.1, -0.05) is 37.6 Å². The first kappa shape index (κ1) is 19.9. The number of halogens is 2. The summed E-state index contributed by atoms with van der Waals surface area (Å²) in [7, 11) is 0. The Balaban J connectivity index is 1.87. The highest BCUT2D eigenvalue weighted by Gasteiger charge is 2.17. The molecule has 0 atom stereocenters. The molecule has 1 radical (unpaired) electrons. The minimum Gasteiger partial charge on any atom is -0.435 e. The lowest BCUT2D eigenvalue weighted by atomic mass is 10.0. The van der Waals surface area contributed by atoms with E-state index in [1.54, 1.807) is 18.2 Å². The van der Waals surface area contributed by atoms with E-state index in [0.29, 0.717) is 12.1 Å². The van der Waals surface area contributed by atoms with E-state index < -0.39 is 12.5 Å². The third-order valence-electron chi connectivity index (χ3n) is 5.15. The van der Waals surface area contributed by atoms with Crippen LogP contribution in [0.1, 0.15) is 34.8 Å². The van der Waals surface area contributed by atoms with Gasteiger partial charge in [-0.3, -0.25) is 4.79 Å². The predicted octanol–water partition coefficient (Wildman–Crippen LogP) is 5.30. The van der Waals surface area contributed by atoms with Crippen LogP contribution in [0, 0.1) is 6.07 Å². The quantitative estimate of drug-likeness (QED) is 0.452. The van der Waals surface area contributed by atoms with Crippen molar-refractivity contribution >= 4 is 27.7 Å².